The highest BCUT2D eigenvalue weighted by Crippen LogP contribution is 2.14. The molecule has 1 atom stereocenters. The number of carbonyl (C=O) groups excluding carboxylic acids is 2. The molecule has 6 heteroatoms. The zero-order chi connectivity index (χ0) is 15.4. The zero-order valence-corrected chi connectivity index (χ0v) is 11.6. The largest absolute Gasteiger partial charge is 0.394 e. The monoisotopic (exact) mass is 287 g/mol. The number of nitrogens with two attached hydrogens (primary N) is 1. The molecule has 0 bridgehead atoms. The van der Waals surface area contributed by atoms with Crippen molar-refractivity contribution in [2.75, 3.05) is 6.61 Å². The first-order valence-corrected chi connectivity index (χ1v) is 6.45. The summed E-state index contributed by atoms with van der Waals surface area (Å²) in [6.45, 7) is -0.219. The second kappa shape index (κ2) is 6.23. The summed E-state index contributed by atoms with van der Waals surface area (Å²) in [5.74, 6) is -0.973. The second-order valence-corrected chi connectivity index (χ2v) is 4.71. The van der Waals surface area contributed by atoms with E-state index in [2.05, 4.69) is 5.32 Å². The normalized spacial score (nSPS) is 11.9. The van der Waals surface area contributed by atoms with Crippen molar-refractivity contribution in [2.45, 2.75) is 6.04 Å². The molecule has 2 amide bonds. The standard InChI is InChI=1S/C15H17N3O3/c1-18-8-11(14(16)20)7-13(18)15(21)17-12(9-19)10-5-3-2-4-6-10/h2-8,12,19H,9H2,1H3,(H2,16,20)(H,17,21)/t12-/m1/s1. The van der Waals surface area contributed by atoms with Gasteiger partial charge in [-0.15, -0.1) is 0 Å². The molecular formula is C15H17N3O3. The maximum absolute atomic E-state index is 12.2. The Kier molecular flexibility index (Phi) is 4.39. The maximum Gasteiger partial charge on any atom is 0.268 e. The molecule has 1 aromatic carbocycles. The zero-order valence-electron chi connectivity index (χ0n) is 11.6. The molecule has 0 unspecified atom stereocenters. The minimum absolute atomic E-state index is 0.219. The van der Waals surface area contributed by atoms with Gasteiger partial charge in [-0.25, -0.2) is 0 Å². The van der Waals surface area contributed by atoms with Crippen LogP contribution >= 0.6 is 0 Å². The van der Waals surface area contributed by atoms with Crippen molar-refractivity contribution in [3.63, 3.8) is 0 Å². The predicted molar refractivity (Wildman–Crippen MR) is 77.7 cm³/mol. The van der Waals surface area contributed by atoms with Gasteiger partial charge in [0.25, 0.3) is 5.91 Å². The number of primary amides is 1. The van der Waals surface area contributed by atoms with Gasteiger partial charge in [0.1, 0.15) is 5.69 Å². The molecule has 0 aliphatic carbocycles. The van der Waals surface area contributed by atoms with E-state index in [1.54, 1.807) is 7.05 Å². The average Bonchev–Trinajstić information content (AvgIpc) is 2.88. The number of hydrogen-bond donors (Lipinski definition) is 3. The van der Waals surface area contributed by atoms with Crippen molar-refractivity contribution in [3.05, 3.63) is 59.4 Å². The molecule has 21 heavy (non-hydrogen) atoms. The lowest BCUT2D eigenvalue weighted by Crippen LogP contribution is -2.31. The van der Waals surface area contributed by atoms with Gasteiger partial charge in [-0.05, 0) is 11.6 Å². The number of nitrogens with zero attached hydrogens (tertiary/aromatic N) is 1. The molecule has 6 nitrogen and oxygen atoms in total. The van der Waals surface area contributed by atoms with Crippen LogP contribution in [0.4, 0.5) is 0 Å². The summed E-state index contributed by atoms with van der Waals surface area (Å²) >= 11 is 0. The van der Waals surface area contributed by atoms with E-state index in [-0.39, 0.29) is 18.1 Å². The van der Waals surface area contributed by atoms with Crippen molar-refractivity contribution in [3.8, 4) is 0 Å². The summed E-state index contributed by atoms with van der Waals surface area (Å²) in [6.07, 6.45) is 1.49. The van der Waals surface area contributed by atoms with Crippen LogP contribution in [0.2, 0.25) is 0 Å². The Hall–Kier alpha value is -2.60. The lowest BCUT2D eigenvalue weighted by molar-refractivity contribution is 0.0907. The van der Waals surface area contributed by atoms with Crippen molar-refractivity contribution < 1.29 is 14.7 Å². The van der Waals surface area contributed by atoms with Crippen molar-refractivity contribution >= 4 is 11.8 Å². The third-order valence-corrected chi connectivity index (χ3v) is 3.21. The lowest BCUT2D eigenvalue weighted by atomic mass is 10.1. The number of amides is 2. The minimum Gasteiger partial charge on any atom is -0.394 e. The average molecular weight is 287 g/mol. The van der Waals surface area contributed by atoms with Gasteiger partial charge in [0.15, 0.2) is 0 Å². The molecule has 1 heterocycles. The number of nitrogens with one attached hydrogen (secondary N) is 1. The van der Waals surface area contributed by atoms with Crippen LogP contribution in [0.1, 0.15) is 32.5 Å². The highest BCUT2D eigenvalue weighted by atomic mass is 16.3. The maximum atomic E-state index is 12.2. The predicted octanol–water partition coefficient (Wildman–Crippen LogP) is 0.587. The Morgan fingerprint density at radius 2 is 2.00 bits per heavy atom. The van der Waals surface area contributed by atoms with E-state index in [1.807, 2.05) is 30.3 Å². The Labute approximate surface area is 122 Å². The number of rotatable bonds is 5. The first-order chi connectivity index (χ1) is 10.0. The summed E-state index contributed by atoms with van der Waals surface area (Å²) in [5, 5.41) is 12.2. The Morgan fingerprint density at radius 1 is 1.33 bits per heavy atom. The van der Waals surface area contributed by atoms with Crippen LogP contribution in [0, 0.1) is 0 Å². The van der Waals surface area contributed by atoms with Gasteiger partial charge in [-0.3, -0.25) is 9.59 Å². The number of aryl methyl sites for hydroxylation is 1. The molecular weight excluding hydrogens is 270 g/mol. The third kappa shape index (κ3) is 3.29. The molecule has 1 aromatic heterocycles. The van der Waals surface area contributed by atoms with Gasteiger partial charge in [0, 0.05) is 13.2 Å². The van der Waals surface area contributed by atoms with E-state index >= 15 is 0 Å². The first kappa shape index (κ1) is 14.8. The lowest BCUT2D eigenvalue weighted by Gasteiger charge is -2.16. The van der Waals surface area contributed by atoms with Crippen LogP contribution < -0.4 is 11.1 Å². The first-order valence-electron chi connectivity index (χ1n) is 6.45. The highest BCUT2D eigenvalue weighted by Gasteiger charge is 2.18. The van der Waals surface area contributed by atoms with Crippen LogP contribution in [-0.4, -0.2) is 28.1 Å². The fourth-order valence-corrected chi connectivity index (χ4v) is 2.08. The van der Waals surface area contributed by atoms with Crippen LogP contribution in [0.3, 0.4) is 0 Å². The SMILES string of the molecule is Cn1cc(C(N)=O)cc1C(=O)N[C@H](CO)c1ccccc1. The van der Waals surface area contributed by atoms with Crippen molar-refractivity contribution in [2.24, 2.45) is 12.8 Å². The molecule has 0 spiro atoms. The summed E-state index contributed by atoms with van der Waals surface area (Å²) in [4.78, 5) is 23.4. The Bertz CT molecular complexity index is 649. The van der Waals surface area contributed by atoms with Crippen LogP contribution in [-0.2, 0) is 7.05 Å². The van der Waals surface area contributed by atoms with Crippen molar-refractivity contribution in [1.29, 1.82) is 0 Å². The number of benzene rings is 1. The number of aliphatic hydroxyl groups is 1. The molecule has 0 aliphatic heterocycles. The van der Waals surface area contributed by atoms with E-state index in [1.165, 1.54) is 16.8 Å². The quantitative estimate of drug-likeness (QED) is 0.750. The number of aliphatic hydroxyl groups excluding tert-OH is 1. The molecule has 110 valence electrons. The van der Waals surface area contributed by atoms with Gasteiger partial charge in [-0.1, -0.05) is 30.3 Å². The van der Waals surface area contributed by atoms with E-state index in [0.717, 1.165) is 5.56 Å². The molecule has 0 radical (unpaired) electrons. The number of aromatic nitrogens is 1. The van der Waals surface area contributed by atoms with Crippen LogP contribution in [0.5, 0.6) is 0 Å². The summed E-state index contributed by atoms with van der Waals surface area (Å²) in [5.41, 5.74) is 6.56. The molecule has 0 saturated carbocycles. The fourth-order valence-electron chi connectivity index (χ4n) is 2.08. The fraction of sp³-hybridized carbons (Fsp3) is 0.200. The summed E-state index contributed by atoms with van der Waals surface area (Å²) in [6, 6.07) is 10.1. The molecule has 2 rings (SSSR count). The van der Waals surface area contributed by atoms with Gasteiger partial charge >= 0.3 is 0 Å². The van der Waals surface area contributed by atoms with Gasteiger partial charge < -0.3 is 20.7 Å². The smallest absolute Gasteiger partial charge is 0.268 e. The Morgan fingerprint density at radius 3 is 2.52 bits per heavy atom. The second-order valence-electron chi connectivity index (χ2n) is 4.71. The molecule has 0 saturated heterocycles. The Balaban J connectivity index is 2.19. The van der Waals surface area contributed by atoms with E-state index in [0.29, 0.717) is 5.69 Å². The molecule has 0 aliphatic rings. The van der Waals surface area contributed by atoms with Crippen LogP contribution in [0.15, 0.2) is 42.6 Å². The highest BCUT2D eigenvalue weighted by molar-refractivity contribution is 5.98. The number of carbonyl (C=O) groups is 2. The van der Waals surface area contributed by atoms with E-state index in [4.69, 9.17) is 5.73 Å². The van der Waals surface area contributed by atoms with E-state index < -0.39 is 11.9 Å². The minimum atomic E-state index is -0.591. The summed E-state index contributed by atoms with van der Waals surface area (Å²) < 4.78 is 1.52. The topological polar surface area (TPSA) is 97.4 Å². The molecule has 2 aromatic rings. The van der Waals surface area contributed by atoms with Gasteiger partial charge in [0.05, 0.1) is 18.2 Å². The number of hydrogen-bond acceptors (Lipinski definition) is 3. The van der Waals surface area contributed by atoms with E-state index in [9.17, 15) is 14.7 Å². The van der Waals surface area contributed by atoms with Crippen LogP contribution in [0.25, 0.3) is 0 Å². The molecule has 0 fully saturated rings. The third-order valence-electron chi connectivity index (χ3n) is 3.21. The summed E-state index contributed by atoms with van der Waals surface area (Å²) in [7, 11) is 1.65. The van der Waals surface area contributed by atoms with Crippen molar-refractivity contribution in [1.82, 2.24) is 9.88 Å². The van der Waals surface area contributed by atoms with Gasteiger partial charge in [0.2, 0.25) is 5.91 Å². The van der Waals surface area contributed by atoms with Gasteiger partial charge in [-0.2, -0.15) is 0 Å². The molecule has 4 N–H and O–H groups in total.